The van der Waals surface area contributed by atoms with Gasteiger partial charge in [0.25, 0.3) is 10.2 Å². The van der Waals surface area contributed by atoms with E-state index in [9.17, 15) is 8.42 Å². The first-order valence-corrected chi connectivity index (χ1v) is 8.65. The molecule has 7 heteroatoms. The number of likely N-dealkylation sites (N-methyl/N-ethyl adjacent to an activating group) is 1. The number of hydrogen-bond donors (Lipinski definition) is 0. The summed E-state index contributed by atoms with van der Waals surface area (Å²) >= 11 is 0. The molecule has 0 N–H and O–H groups in total. The fraction of sp³-hybridized carbons (Fsp3) is 1.00. The van der Waals surface area contributed by atoms with Gasteiger partial charge in [-0.2, -0.15) is 17.0 Å². The van der Waals surface area contributed by atoms with Crippen LogP contribution in [-0.4, -0.2) is 81.5 Å². The molecule has 0 saturated carbocycles. The topological polar surface area (TPSA) is 53.1 Å². The van der Waals surface area contributed by atoms with Gasteiger partial charge in [0.1, 0.15) is 0 Å². The van der Waals surface area contributed by atoms with Crippen LogP contribution in [0.1, 0.15) is 25.7 Å². The summed E-state index contributed by atoms with van der Waals surface area (Å²) in [5, 5.41) is 0. The summed E-state index contributed by atoms with van der Waals surface area (Å²) < 4.78 is 33.5. The smallest absolute Gasteiger partial charge is 0.281 e. The molecule has 2 heterocycles. The van der Waals surface area contributed by atoms with Crippen molar-refractivity contribution in [1.29, 1.82) is 0 Å². The molecule has 0 unspecified atom stereocenters. The number of rotatable bonds is 4. The van der Waals surface area contributed by atoms with Crippen LogP contribution in [-0.2, 0) is 14.9 Å². The summed E-state index contributed by atoms with van der Waals surface area (Å²) in [5.41, 5.74) is -0.262. The van der Waals surface area contributed by atoms with Gasteiger partial charge in [0, 0.05) is 33.7 Å². The Balaban J connectivity index is 2.03. The highest BCUT2D eigenvalue weighted by Crippen LogP contribution is 2.37. The average Bonchev–Trinajstić information content (AvgIpc) is 2.72. The van der Waals surface area contributed by atoms with Crippen LogP contribution in [0.25, 0.3) is 0 Å². The van der Waals surface area contributed by atoms with Crippen molar-refractivity contribution in [2.75, 3.05) is 47.8 Å². The Morgan fingerprint density at radius 1 is 1.25 bits per heavy atom. The molecule has 2 fully saturated rings. The third kappa shape index (κ3) is 3.33. The number of hydrogen-bond acceptors (Lipinski definition) is 4. The van der Waals surface area contributed by atoms with Crippen molar-refractivity contribution in [3.8, 4) is 0 Å². The summed E-state index contributed by atoms with van der Waals surface area (Å²) in [5.74, 6) is 0. The minimum absolute atomic E-state index is 0.223. The van der Waals surface area contributed by atoms with Gasteiger partial charge in [-0.15, -0.1) is 0 Å². The Morgan fingerprint density at radius 2 is 1.95 bits per heavy atom. The zero-order chi connectivity index (χ0) is 15.0. The van der Waals surface area contributed by atoms with Gasteiger partial charge in [-0.1, -0.05) is 0 Å². The average molecular weight is 305 g/mol. The second kappa shape index (κ2) is 5.88. The molecule has 0 aromatic heterocycles. The van der Waals surface area contributed by atoms with Crippen LogP contribution in [0.5, 0.6) is 0 Å². The van der Waals surface area contributed by atoms with Gasteiger partial charge in [0.15, 0.2) is 0 Å². The molecule has 0 amide bonds. The second-order valence-corrected chi connectivity index (χ2v) is 8.59. The quantitative estimate of drug-likeness (QED) is 0.753. The zero-order valence-electron chi connectivity index (χ0n) is 13.0. The Bertz CT molecular complexity index is 438. The standard InChI is InChI=1S/C13H27N3O3S/c1-14(2)10-12-6-5-7-13(19-12)8-9-16(11-13)20(17,18)15(3)4/h12H,5-11H2,1-4H3/t12-,13-/m1/s1. The highest BCUT2D eigenvalue weighted by atomic mass is 32.2. The van der Waals surface area contributed by atoms with Gasteiger partial charge in [0.05, 0.1) is 11.7 Å². The van der Waals surface area contributed by atoms with Crippen molar-refractivity contribution in [2.24, 2.45) is 0 Å². The summed E-state index contributed by atoms with van der Waals surface area (Å²) in [6, 6.07) is 0. The Morgan fingerprint density at radius 3 is 2.55 bits per heavy atom. The van der Waals surface area contributed by atoms with Gasteiger partial charge >= 0.3 is 0 Å². The minimum Gasteiger partial charge on any atom is -0.369 e. The molecule has 2 atom stereocenters. The van der Waals surface area contributed by atoms with E-state index in [0.29, 0.717) is 13.1 Å². The van der Waals surface area contributed by atoms with Crippen LogP contribution in [0.15, 0.2) is 0 Å². The largest absolute Gasteiger partial charge is 0.369 e. The normalized spacial score (nSPS) is 32.6. The molecular formula is C13H27N3O3S. The first-order chi connectivity index (χ1) is 9.25. The maximum absolute atomic E-state index is 12.2. The Labute approximate surface area is 122 Å². The predicted molar refractivity (Wildman–Crippen MR) is 78.8 cm³/mol. The molecule has 0 aliphatic carbocycles. The molecule has 2 aliphatic heterocycles. The molecule has 6 nitrogen and oxygen atoms in total. The molecule has 0 aromatic carbocycles. The van der Waals surface area contributed by atoms with Crippen LogP contribution in [0.4, 0.5) is 0 Å². The van der Waals surface area contributed by atoms with Crippen LogP contribution in [0, 0.1) is 0 Å². The predicted octanol–water partition coefficient (Wildman–Crippen LogP) is 0.368. The molecule has 2 saturated heterocycles. The van der Waals surface area contributed by atoms with Gasteiger partial charge < -0.3 is 9.64 Å². The first kappa shape index (κ1) is 16.2. The Kier molecular flexibility index (Phi) is 4.76. The van der Waals surface area contributed by atoms with Gasteiger partial charge in [-0.25, -0.2) is 0 Å². The van der Waals surface area contributed by atoms with E-state index in [0.717, 1.165) is 32.2 Å². The second-order valence-electron chi connectivity index (χ2n) is 6.45. The maximum atomic E-state index is 12.2. The molecule has 1 spiro atoms. The van der Waals surface area contributed by atoms with Gasteiger partial charge in [-0.05, 0) is 39.8 Å². The summed E-state index contributed by atoms with van der Waals surface area (Å²) in [6.07, 6.45) is 4.19. The van der Waals surface area contributed by atoms with Gasteiger partial charge in [-0.3, -0.25) is 0 Å². The summed E-state index contributed by atoms with van der Waals surface area (Å²) in [4.78, 5) is 2.13. The molecule has 2 rings (SSSR count). The lowest BCUT2D eigenvalue weighted by Gasteiger charge is -2.39. The SMILES string of the molecule is CN(C)C[C@H]1CCC[C@]2(CCN(S(=O)(=O)N(C)C)C2)O1. The fourth-order valence-corrected chi connectivity index (χ4v) is 4.38. The van der Waals surface area contributed by atoms with Crippen molar-refractivity contribution in [3.63, 3.8) is 0 Å². The van der Waals surface area contributed by atoms with Crippen LogP contribution >= 0.6 is 0 Å². The highest BCUT2D eigenvalue weighted by Gasteiger charge is 2.46. The molecule has 20 heavy (non-hydrogen) atoms. The van der Waals surface area contributed by atoms with Crippen molar-refractivity contribution >= 4 is 10.2 Å². The molecular weight excluding hydrogens is 278 g/mol. The fourth-order valence-electron chi connectivity index (χ4n) is 3.20. The first-order valence-electron chi connectivity index (χ1n) is 7.25. The third-order valence-corrected chi connectivity index (χ3v) is 6.10. The zero-order valence-corrected chi connectivity index (χ0v) is 13.8. The monoisotopic (exact) mass is 305 g/mol. The van der Waals surface area contributed by atoms with E-state index >= 15 is 0 Å². The van der Waals surface area contributed by atoms with Crippen LogP contribution < -0.4 is 0 Å². The van der Waals surface area contributed by atoms with E-state index < -0.39 is 10.2 Å². The van der Waals surface area contributed by atoms with Crippen LogP contribution in [0.3, 0.4) is 0 Å². The van der Waals surface area contributed by atoms with Crippen molar-refractivity contribution < 1.29 is 13.2 Å². The van der Waals surface area contributed by atoms with E-state index in [2.05, 4.69) is 4.90 Å². The molecule has 0 radical (unpaired) electrons. The van der Waals surface area contributed by atoms with Crippen molar-refractivity contribution in [2.45, 2.75) is 37.4 Å². The maximum Gasteiger partial charge on any atom is 0.281 e. The van der Waals surface area contributed by atoms with E-state index in [1.54, 1.807) is 18.4 Å². The van der Waals surface area contributed by atoms with E-state index in [-0.39, 0.29) is 11.7 Å². The van der Waals surface area contributed by atoms with Gasteiger partial charge in [0.2, 0.25) is 0 Å². The van der Waals surface area contributed by atoms with E-state index in [1.807, 2.05) is 14.1 Å². The third-order valence-electron chi connectivity index (χ3n) is 4.21. The van der Waals surface area contributed by atoms with Crippen molar-refractivity contribution in [1.82, 2.24) is 13.5 Å². The molecule has 118 valence electrons. The lowest BCUT2D eigenvalue weighted by molar-refractivity contribution is -0.123. The van der Waals surface area contributed by atoms with E-state index in [4.69, 9.17) is 4.74 Å². The minimum atomic E-state index is -3.32. The number of nitrogens with zero attached hydrogens (tertiary/aromatic N) is 3. The molecule has 0 bridgehead atoms. The summed E-state index contributed by atoms with van der Waals surface area (Å²) in [7, 11) is 3.93. The lowest BCUT2D eigenvalue weighted by atomic mass is 9.90. The van der Waals surface area contributed by atoms with E-state index in [1.165, 1.54) is 4.31 Å². The summed E-state index contributed by atoms with van der Waals surface area (Å²) in [6.45, 7) is 1.97. The molecule has 0 aromatic rings. The highest BCUT2D eigenvalue weighted by molar-refractivity contribution is 7.86. The lowest BCUT2D eigenvalue weighted by Crippen LogP contribution is -2.47. The molecule has 2 aliphatic rings. The Hall–Kier alpha value is -0.210. The van der Waals surface area contributed by atoms with Crippen LogP contribution in [0.2, 0.25) is 0 Å². The van der Waals surface area contributed by atoms with Crippen molar-refractivity contribution in [3.05, 3.63) is 0 Å². The number of ether oxygens (including phenoxy) is 1.